The normalized spacial score (nSPS) is 38.2. The van der Waals surface area contributed by atoms with E-state index in [1.807, 2.05) is 0 Å². The molecule has 70 valence electrons. The number of hydrogen-bond acceptors (Lipinski definition) is 0. The van der Waals surface area contributed by atoms with Crippen molar-refractivity contribution in [1.82, 2.24) is 0 Å². The van der Waals surface area contributed by atoms with E-state index in [0.717, 1.165) is 5.54 Å². The van der Waals surface area contributed by atoms with Crippen molar-refractivity contribution in [2.24, 2.45) is 5.92 Å². The van der Waals surface area contributed by atoms with E-state index in [2.05, 4.69) is 0 Å². The summed E-state index contributed by atoms with van der Waals surface area (Å²) in [5, 5.41) is -1.39. The zero-order chi connectivity index (χ0) is 9.57. The summed E-state index contributed by atoms with van der Waals surface area (Å²) in [4.78, 5) is 0. The van der Waals surface area contributed by atoms with Gasteiger partial charge in [-0.3, -0.25) is 0 Å². The van der Waals surface area contributed by atoms with Crippen LogP contribution in [0.5, 0.6) is 0 Å². The zero-order valence-corrected chi connectivity index (χ0v) is 8.60. The molecule has 0 aromatic carbocycles. The molecule has 0 spiro atoms. The number of alkyl halides is 5. The molecule has 12 heavy (non-hydrogen) atoms. The Morgan fingerprint density at radius 1 is 1.25 bits per heavy atom. The topological polar surface area (TPSA) is 0 Å². The standard InChI is InChI=1S/C6H4Cl4F2/c7-2-1-3-4(8)6(11,12)5(3,9)10/h1-4H/b2-1-/t3-,4-/m0/s1. The van der Waals surface area contributed by atoms with E-state index in [-0.39, 0.29) is 0 Å². The van der Waals surface area contributed by atoms with Gasteiger partial charge in [-0.05, 0) is 0 Å². The Morgan fingerprint density at radius 2 is 1.75 bits per heavy atom. The lowest BCUT2D eigenvalue weighted by Gasteiger charge is -2.49. The van der Waals surface area contributed by atoms with Gasteiger partial charge in [0.25, 0.3) is 5.92 Å². The molecule has 0 amide bonds. The molecule has 0 aliphatic heterocycles. The van der Waals surface area contributed by atoms with Crippen LogP contribution in [-0.4, -0.2) is 15.6 Å². The van der Waals surface area contributed by atoms with Crippen molar-refractivity contribution in [3.05, 3.63) is 11.6 Å². The lowest BCUT2D eigenvalue weighted by Crippen LogP contribution is -2.65. The van der Waals surface area contributed by atoms with Crippen molar-refractivity contribution in [3.63, 3.8) is 0 Å². The third-order valence-electron chi connectivity index (χ3n) is 1.80. The van der Waals surface area contributed by atoms with Crippen LogP contribution in [0.4, 0.5) is 8.78 Å². The molecular weight excluding hydrogens is 252 g/mol. The van der Waals surface area contributed by atoms with E-state index in [1.165, 1.54) is 6.08 Å². The van der Waals surface area contributed by atoms with Gasteiger partial charge in [-0.1, -0.05) is 40.9 Å². The molecule has 1 saturated carbocycles. The molecule has 0 saturated heterocycles. The Kier molecular flexibility index (Phi) is 2.85. The van der Waals surface area contributed by atoms with Gasteiger partial charge in [0, 0.05) is 11.5 Å². The van der Waals surface area contributed by atoms with Gasteiger partial charge in [-0.15, -0.1) is 11.6 Å². The first-order chi connectivity index (χ1) is 5.35. The summed E-state index contributed by atoms with van der Waals surface area (Å²) >= 11 is 21.2. The second-order valence-electron chi connectivity index (χ2n) is 2.49. The lowest BCUT2D eigenvalue weighted by atomic mass is 9.79. The molecule has 1 aliphatic rings. The van der Waals surface area contributed by atoms with Crippen LogP contribution in [-0.2, 0) is 0 Å². The fourth-order valence-corrected chi connectivity index (χ4v) is 2.49. The maximum absolute atomic E-state index is 12.8. The monoisotopic (exact) mass is 254 g/mol. The number of halogens is 6. The molecular formula is C6H4Cl4F2. The fraction of sp³-hybridized carbons (Fsp3) is 0.667. The molecule has 6 heteroatoms. The second kappa shape index (κ2) is 3.16. The molecule has 1 aliphatic carbocycles. The van der Waals surface area contributed by atoms with Crippen LogP contribution in [0.25, 0.3) is 0 Å². The Hall–Kier alpha value is 0.760. The van der Waals surface area contributed by atoms with E-state index in [9.17, 15) is 8.78 Å². The highest BCUT2D eigenvalue weighted by atomic mass is 35.5. The van der Waals surface area contributed by atoms with Crippen LogP contribution < -0.4 is 0 Å². The summed E-state index contributed by atoms with van der Waals surface area (Å²) in [6, 6.07) is 0. The summed E-state index contributed by atoms with van der Waals surface area (Å²) in [6.07, 6.45) is 1.26. The van der Waals surface area contributed by atoms with E-state index < -0.39 is 21.6 Å². The summed E-state index contributed by atoms with van der Waals surface area (Å²) in [6.45, 7) is 0. The molecule has 0 aromatic rings. The summed E-state index contributed by atoms with van der Waals surface area (Å²) < 4.78 is 23.5. The number of rotatable bonds is 1. The van der Waals surface area contributed by atoms with Gasteiger partial charge in [-0.2, -0.15) is 0 Å². The third-order valence-corrected chi connectivity index (χ3v) is 3.50. The molecule has 0 bridgehead atoms. The van der Waals surface area contributed by atoms with Crippen molar-refractivity contribution in [2.75, 3.05) is 0 Å². The highest BCUT2D eigenvalue weighted by Gasteiger charge is 2.73. The summed E-state index contributed by atoms with van der Waals surface area (Å²) in [7, 11) is 0. The highest BCUT2D eigenvalue weighted by molar-refractivity contribution is 6.52. The van der Waals surface area contributed by atoms with Gasteiger partial charge in [0.15, 0.2) is 4.33 Å². The van der Waals surface area contributed by atoms with Gasteiger partial charge in [0.1, 0.15) is 5.38 Å². The van der Waals surface area contributed by atoms with Gasteiger partial charge >= 0.3 is 0 Å². The number of hydrogen-bond donors (Lipinski definition) is 0. The zero-order valence-electron chi connectivity index (χ0n) is 5.58. The minimum absolute atomic E-state index is 0.810. The summed E-state index contributed by atoms with van der Waals surface area (Å²) in [5.74, 6) is -4.08. The molecule has 0 N–H and O–H groups in total. The highest BCUT2D eigenvalue weighted by Crippen LogP contribution is 2.61. The smallest absolute Gasteiger partial charge is 0.202 e. The van der Waals surface area contributed by atoms with E-state index >= 15 is 0 Å². The average Bonchev–Trinajstić information content (AvgIpc) is 1.98. The maximum Gasteiger partial charge on any atom is 0.297 e. The van der Waals surface area contributed by atoms with E-state index in [1.54, 1.807) is 0 Å². The minimum atomic E-state index is -3.27. The fourth-order valence-electron chi connectivity index (χ4n) is 1.02. The molecule has 0 unspecified atom stereocenters. The van der Waals surface area contributed by atoms with Crippen LogP contribution >= 0.6 is 46.4 Å². The average molecular weight is 256 g/mol. The van der Waals surface area contributed by atoms with Crippen LogP contribution in [0.1, 0.15) is 0 Å². The van der Waals surface area contributed by atoms with Crippen molar-refractivity contribution in [1.29, 1.82) is 0 Å². The minimum Gasteiger partial charge on any atom is -0.202 e. The maximum atomic E-state index is 12.8. The van der Waals surface area contributed by atoms with Crippen molar-refractivity contribution < 1.29 is 8.78 Å². The van der Waals surface area contributed by atoms with Crippen LogP contribution in [0.2, 0.25) is 0 Å². The van der Waals surface area contributed by atoms with Crippen LogP contribution in [0.15, 0.2) is 11.6 Å². The van der Waals surface area contributed by atoms with E-state index in [0.29, 0.717) is 0 Å². The molecule has 0 radical (unpaired) electrons. The molecule has 2 atom stereocenters. The third kappa shape index (κ3) is 1.24. The van der Waals surface area contributed by atoms with Crippen LogP contribution in [0.3, 0.4) is 0 Å². The molecule has 1 rings (SSSR count). The molecule has 0 aromatic heterocycles. The number of allylic oxidation sites excluding steroid dienone is 1. The van der Waals surface area contributed by atoms with E-state index in [4.69, 9.17) is 46.4 Å². The summed E-state index contributed by atoms with van der Waals surface area (Å²) in [5.41, 5.74) is 1.08. The lowest BCUT2D eigenvalue weighted by molar-refractivity contribution is -0.102. The first-order valence-corrected chi connectivity index (χ1v) is 4.65. The predicted molar refractivity (Wildman–Crippen MR) is 47.5 cm³/mol. The molecule has 0 heterocycles. The van der Waals surface area contributed by atoms with Gasteiger partial charge in [-0.25, -0.2) is 8.78 Å². The Bertz CT molecular complexity index is 214. The SMILES string of the molecule is FC1(F)[C@@H](Cl)[C@H](/C=C\Cl)C1(Cl)Cl. The Morgan fingerprint density at radius 3 is 2.08 bits per heavy atom. The largest absolute Gasteiger partial charge is 0.297 e. The van der Waals surface area contributed by atoms with Crippen molar-refractivity contribution >= 4 is 46.4 Å². The van der Waals surface area contributed by atoms with Crippen molar-refractivity contribution in [3.8, 4) is 0 Å². The second-order valence-corrected chi connectivity index (χ2v) is 4.60. The molecule has 0 nitrogen and oxygen atoms in total. The first kappa shape index (κ1) is 10.8. The van der Waals surface area contributed by atoms with Crippen LogP contribution in [0, 0.1) is 5.92 Å². The predicted octanol–water partition coefficient (Wildman–Crippen LogP) is 3.79. The quantitative estimate of drug-likeness (QED) is 0.626. The van der Waals surface area contributed by atoms with Gasteiger partial charge in [0.05, 0.1) is 0 Å². The Labute approximate surface area is 88.4 Å². The first-order valence-electron chi connectivity index (χ1n) is 3.02. The molecule has 1 fully saturated rings. The van der Waals surface area contributed by atoms with Crippen molar-refractivity contribution in [2.45, 2.75) is 15.6 Å². The van der Waals surface area contributed by atoms with Gasteiger partial charge in [0.2, 0.25) is 0 Å². The van der Waals surface area contributed by atoms with Gasteiger partial charge < -0.3 is 0 Å². The Balaban J connectivity index is 2.84.